The van der Waals surface area contributed by atoms with E-state index in [1.165, 1.54) is 4.31 Å². The highest BCUT2D eigenvalue weighted by Crippen LogP contribution is 2.36. The summed E-state index contributed by atoms with van der Waals surface area (Å²) >= 11 is 6.20. The summed E-state index contributed by atoms with van der Waals surface area (Å²) in [6.07, 6.45) is 1.74. The molecule has 0 saturated carbocycles. The van der Waals surface area contributed by atoms with Crippen molar-refractivity contribution in [3.63, 3.8) is 0 Å². The summed E-state index contributed by atoms with van der Waals surface area (Å²) in [5.41, 5.74) is 0.469. The maximum Gasteiger partial charge on any atom is 0.248 e. The second-order valence-electron chi connectivity index (χ2n) is 6.60. The van der Waals surface area contributed by atoms with Gasteiger partial charge in [0.1, 0.15) is 10.4 Å². The van der Waals surface area contributed by atoms with Crippen LogP contribution in [0.3, 0.4) is 0 Å². The number of benzene rings is 1. The fourth-order valence-electron chi connectivity index (χ4n) is 2.56. The molecule has 3 rings (SSSR count). The molecule has 148 valence electrons. The predicted octanol–water partition coefficient (Wildman–Crippen LogP) is 5.62. The third kappa shape index (κ3) is 4.59. The first-order valence-corrected chi connectivity index (χ1v) is 11.1. The molecule has 5 nitrogen and oxygen atoms in total. The van der Waals surface area contributed by atoms with Crippen LogP contribution in [0, 0.1) is 0 Å². The van der Waals surface area contributed by atoms with Gasteiger partial charge in [-0.2, -0.15) is 4.31 Å². The van der Waals surface area contributed by atoms with Crippen LogP contribution in [0.15, 0.2) is 21.4 Å². The van der Waals surface area contributed by atoms with Crippen LogP contribution >= 0.6 is 11.6 Å². The standard InChI is InChI=1S/C15H19ClN2O3S.2C2H6/c1-15(2,3)14-17-11-7-6-10(16)13(12(11)21-14)22(19,20)18-8-4-5-9-18;2*1-2/h6-7H,4-5,8-9H2,1-3H3;2*1-2H3. The van der Waals surface area contributed by atoms with Gasteiger partial charge in [-0.05, 0) is 25.0 Å². The van der Waals surface area contributed by atoms with Gasteiger partial charge in [-0.25, -0.2) is 13.4 Å². The number of nitrogens with zero attached hydrogens (tertiary/aromatic N) is 2. The highest BCUT2D eigenvalue weighted by atomic mass is 35.5. The monoisotopic (exact) mass is 402 g/mol. The molecule has 0 N–H and O–H groups in total. The van der Waals surface area contributed by atoms with Crippen molar-refractivity contribution in [1.29, 1.82) is 0 Å². The second kappa shape index (κ2) is 9.20. The molecule has 0 radical (unpaired) electrons. The van der Waals surface area contributed by atoms with Crippen molar-refractivity contribution in [3.8, 4) is 0 Å². The minimum absolute atomic E-state index is 0.0385. The molecule has 1 aromatic heterocycles. The number of aromatic nitrogens is 1. The van der Waals surface area contributed by atoms with Gasteiger partial charge in [-0.15, -0.1) is 0 Å². The number of hydrogen-bond donors (Lipinski definition) is 0. The van der Waals surface area contributed by atoms with Gasteiger partial charge in [0.05, 0.1) is 5.02 Å². The van der Waals surface area contributed by atoms with E-state index >= 15 is 0 Å². The number of oxazole rings is 1. The number of fused-ring (bicyclic) bond motifs is 1. The van der Waals surface area contributed by atoms with Crippen LogP contribution in [0.5, 0.6) is 0 Å². The molecular formula is C19H31ClN2O3S. The Balaban J connectivity index is 0.000000791. The quantitative estimate of drug-likeness (QED) is 0.654. The van der Waals surface area contributed by atoms with Crippen LogP contribution in [0.4, 0.5) is 0 Å². The van der Waals surface area contributed by atoms with E-state index in [0.717, 1.165) is 12.8 Å². The first-order valence-electron chi connectivity index (χ1n) is 9.31. The van der Waals surface area contributed by atoms with Gasteiger partial charge in [0, 0.05) is 18.5 Å². The normalized spacial score (nSPS) is 15.2. The summed E-state index contributed by atoms with van der Waals surface area (Å²) in [6, 6.07) is 3.27. The predicted molar refractivity (Wildman–Crippen MR) is 108 cm³/mol. The summed E-state index contributed by atoms with van der Waals surface area (Å²) < 4.78 is 33.0. The molecule has 1 aliphatic heterocycles. The van der Waals surface area contributed by atoms with E-state index in [2.05, 4.69) is 4.98 Å². The van der Waals surface area contributed by atoms with E-state index in [-0.39, 0.29) is 20.9 Å². The molecule has 0 atom stereocenters. The number of sulfonamides is 1. The highest BCUT2D eigenvalue weighted by Gasteiger charge is 2.33. The lowest BCUT2D eigenvalue weighted by molar-refractivity contribution is 0.407. The van der Waals surface area contributed by atoms with Crippen molar-refractivity contribution in [2.45, 2.75) is 71.6 Å². The summed E-state index contributed by atoms with van der Waals surface area (Å²) in [6.45, 7) is 14.9. The second-order valence-corrected chi connectivity index (χ2v) is 8.89. The van der Waals surface area contributed by atoms with Crippen LogP contribution in [0.1, 0.15) is 67.2 Å². The zero-order valence-corrected chi connectivity index (χ0v) is 18.5. The maximum atomic E-state index is 12.9. The molecule has 1 fully saturated rings. The molecule has 0 unspecified atom stereocenters. The lowest BCUT2D eigenvalue weighted by Gasteiger charge is -2.16. The minimum Gasteiger partial charge on any atom is -0.439 e. The summed E-state index contributed by atoms with van der Waals surface area (Å²) in [5.74, 6) is 0.502. The first-order chi connectivity index (χ1) is 12.2. The van der Waals surface area contributed by atoms with Gasteiger partial charge < -0.3 is 4.42 Å². The average molecular weight is 403 g/mol. The van der Waals surface area contributed by atoms with Crippen molar-refractivity contribution in [1.82, 2.24) is 9.29 Å². The van der Waals surface area contributed by atoms with Crippen molar-refractivity contribution >= 4 is 32.7 Å². The Morgan fingerprint density at radius 1 is 1.08 bits per heavy atom. The van der Waals surface area contributed by atoms with E-state index in [0.29, 0.717) is 24.5 Å². The first kappa shape index (κ1) is 22.9. The Morgan fingerprint density at radius 3 is 2.12 bits per heavy atom. The Morgan fingerprint density at radius 2 is 1.62 bits per heavy atom. The molecule has 2 aromatic rings. The SMILES string of the molecule is CC.CC.CC(C)(C)c1nc2ccc(Cl)c(S(=O)(=O)N3CCCC3)c2o1. The Hall–Kier alpha value is -1.11. The topological polar surface area (TPSA) is 63.4 Å². The number of halogens is 1. The van der Waals surface area contributed by atoms with Gasteiger partial charge in [-0.1, -0.05) is 60.1 Å². The largest absolute Gasteiger partial charge is 0.439 e. The van der Waals surface area contributed by atoms with Crippen LogP contribution in [-0.2, 0) is 15.4 Å². The molecular weight excluding hydrogens is 372 g/mol. The Kier molecular flexibility index (Phi) is 8.11. The van der Waals surface area contributed by atoms with Crippen LogP contribution < -0.4 is 0 Å². The van der Waals surface area contributed by atoms with E-state index in [9.17, 15) is 8.42 Å². The summed E-state index contributed by atoms with van der Waals surface area (Å²) in [5, 5.41) is 0.177. The third-order valence-corrected chi connectivity index (χ3v) is 6.16. The van der Waals surface area contributed by atoms with Gasteiger partial charge in [0.15, 0.2) is 5.58 Å². The zero-order valence-electron chi connectivity index (χ0n) is 16.9. The molecule has 26 heavy (non-hydrogen) atoms. The number of rotatable bonds is 2. The molecule has 7 heteroatoms. The van der Waals surface area contributed by atoms with E-state index in [1.54, 1.807) is 12.1 Å². The number of hydrogen-bond acceptors (Lipinski definition) is 4. The average Bonchev–Trinajstić information content (AvgIpc) is 3.27. The molecule has 0 spiro atoms. The third-order valence-electron chi connectivity index (χ3n) is 3.77. The fourth-order valence-corrected chi connectivity index (χ4v) is 4.70. The van der Waals surface area contributed by atoms with E-state index in [1.807, 2.05) is 48.5 Å². The smallest absolute Gasteiger partial charge is 0.248 e. The molecule has 1 aliphatic rings. The Bertz CT molecular complexity index is 817. The van der Waals surface area contributed by atoms with Gasteiger partial charge in [0.2, 0.25) is 15.9 Å². The van der Waals surface area contributed by atoms with Crippen molar-refractivity contribution in [2.75, 3.05) is 13.1 Å². The minimum atomic E-state index is -3.66. The van der Waals surface area contributed by atoms with Gasteiger partial charge >= 0.3 is 0 Å². The van der Waals surface area contributed by atoms with Gasteiger partial charge in [0.25, 0.3) is 0 Å². The molecule has 2 heterocycles. The lowest BCUT2D eigenvalue weighted by atomic mass is 9.97. The lowest BCUT2D eigenvalue weighted by Crippen LogP contribution is -2.28. The van der Waals surface area contributed by atoms with E-state index < -0.39 is 10.0 Å². The fraction of sp³-hybridized carbons (Fsp3) is 0.632. The molecule has 1 saturated heterocycles. The molecule has 0 bridgehead atoms. The van der Waals surface area contributed by atoms with Crippen molar-refractivity contribution in [2.24, 2.45) is 0 Å². The molecule has 0 amide bonds. The molecule has 0 aliphatic carbocycles. The van der Waals surface area contributed by atoms with Gasteiger partial charge in [-0.3, -0.25) is 0 Å². The highest BCUT2D eigenvalue weighted by molar-refractivity contribution is 7.89. The van der Waals surface area contributed by atoms with Crippen molar-refractivity contribution in [3.05, 3.63) is 23.0 Å². The zero-order chi connectivity index (χ0) is 20.1. The van der Waals surface area contributed by atoms with Crippen LogP contribution in [0.25, 0.3) is 11.1 Å². The van der Waals surface area contributed by atoms with Crippen LogP contribution in [0.2, 0.25) is 5.02 Å². The Labute approximate surface area is 162 Å². The summed E-state index contributed by atoms with van der Waals surface area (Å²) in [4.78, 5) is 4.46. The maximum absolute atomic E-state index is 12.9. The van der Waals surface area contributed by atoms with E-state index in [4.69, 9.17) is 16.0 Å². The summed E-state index contributed by atoms with van der Waals surface area (Å²) in [7, 11) is -3.66. The molecule has 1 aromatic carbocycles. The van der Waals surface area contributed by atoms with Crippen molar-refractivity contribution < 1.29 is 12.8 Å². The van der Waals surface area contributed by atoms with Crippen LogP contribution in [-0.4, -0.2) is 30.8 Å².